The first kappa shape index (κ1) is 18.0. The highest BCUT2D eigenvalue weighted by Crippen LogP contribution is 2.16. The van der Waals surface area contributed by atoms with Gasteiger partial charge in [-0.25, -0.2) is 10.9 Å². The molecule has 3 rings (SSSR count). The minimum Gasteiger partial charge on any atom is -0.367 e. The molecule has 0 radical (unpaired) electrons. The number of amides is 1. The zero-order valence-corrected chi connectivity index (χ0v) is 14.9. The fourth-order valence-electron chi connectivity index (χ4n) is 2.55. The largest absolute Gasteiger partial charge is 0.367 e. The molecule has 25 heavy (non-hydrogen) atoms. The van der Waals surface area contributed by atoms with Gasteiger partial charge in [0.15, 0.2) is 0 Å². The van der Waals surface area contributed by atoms with Gasteiger partial charge in [0.2, 0.25) is 5.91 Å². The highest BCUT2D eigenvalue weighted by molar-refractivity contribution is 6.31. The van der Waals surface area contributed by atoms with Crippen molar-refractivity contribution in [3.05, 3.63) is 64.1 Å². The number of carbonyl (C=O) groups excluding carboxylic acids is 1. The highest BCUT2D eigenvalue weighted by Gasteiger charge is 2.32. The fraction of sp³-hybridized carbons (Fsp3) is 0.235. The number of anilines is 1. The number of nitrogens with one attached hydrogen (secondary N) is 5. The summed E-state index contributed by atoms with van der Waals surface area (Å²) in [6.45, 7) is 0.544. The predicted molar refractivity (Wildman–Crippen MR) is 100 cm³/mol. The third kappa shape index (κ3) is 5.07. The Balaban J connectivity index is 1.51. The highest BCUT2D eigenvalue weighted by atomic mass is 35.5. The van der Waals surface area contributed by atoms with Gasteiger partial charge in [-0.1, -0.05) is 41.4 Å². The van der Waals surface area contributed by atoms with Crippen molar-refractivity contribution in [3.8, 4) is 0 Å². The summed E-state index contributed by atoms with van der Waals surface area (Å²) in [5.74, 6) is -0.106. The molecule has 5 N–H and O–H groups in total. The lowest BCUT2D eigenvalue weighted by molar-refractivity contribution is -0.123. The van der Waals surface area contributed by atoms with Crippen LogP contribution in [0, 0.1) is 0 Å². The maximum absolute atomic E-state index is 12.4. The van der Waals surface area contributed by atoms with Crippen LogP contribution >= 0.6 is 23.2 Å². The first-order chi connectivity index (χ1) is 12.1. The van der Waals surface area contributed by atoms with Crippen LogP contribution in [0.3, 0.4) is 0 Å². The molecule has 8 heteroatoms. The molecule has 2 aromatic rings. The number of hydrogen-bond donors (Lipinski definition) is 5. The fourth-order valence-corrected chi connectivity index (χ4v) is 2.87. The molecule has 1 saturated heterocycles. The molecule has 6 nitrogen and oxygen atoms in total. The smallest absolute Gasteiger partial charge is 0.242 e. The maximum Gasteiger partial charge on any atom is 0.242 e. The van der Waals surface area contributed by atoms with E-state index in [0.717, 1.165) is 17.7 Å². The van der Waals surface area contributed by atoms with E-state index in [1.807, 2.05) is 36.4 Å². The molecule has 1 aliphatic rings. The van der Waals surface area contributed by atoms with E-state index in [9.17, 15) is 4.79 Å². The Morgan fingerprint density at radius 2 is 1.84 bits per heavy atom. The molecule has 132 valence electrons. The van der Waals surface area contributed by atoms with Crippen LogP contribution in [0.4, 0.5) is 5.69 Å². The van der Waals surface area contributed by atoms with Gasteiger partial charge in [-0.3, -0.25) is 4.79 Å². The third-order valence-electron chi connectivity index (χ3n) is 3.84. The number of hydrogen-bond acceptors (Lipinski definition) is 5. The van der Waals surface area contributed by atoms with E-state index < -0.39 is 6.04 Å². The molecule has 0 saturated carbocycles. The second-order valence-electron chi connectivity index (χ2n) is 5.69. The lowest BCUT2D eigenvalue weighted by Crippen LogP contribution is -2.50. The van der Waals surface area contributed by atoms with Gasteiger partial charge in [-0.15, -0.1) is 0 Å². The molecule has 1 heterocycles. The van der Waals surface area contributed by atoms with Gasteiger partial charge >= 0.3 is 0 Å². The van der Waals surface area contributed by atoms with Crippen molar-refractivity contribution in [2.45, 2.75) is 18.6 Å². The van der Waals surface area contributed by atoms with Gasteiger partial charge in [-0.05, 0) is 42.3 Å². The summed E-state index contributed by atoms with van der Waals surface area (Å²) < 4.78 is 0. The van der Waals surface area contributed by atoms with Gasteiger partial charge in [0.25, 0.3) is 0 Å². The van der Waals surface area contributed by atoms with Crippen LogP contribution in [0.1, 0.15) is 5.56 Å². The summed E-state index contributed by atoms with van der Waals surface area (Å²) in [5.41, 5.74) is 10.6. The number of carbonyl (C=O) groups is 1. The Hall–Kier alpha value is -1.83. The zero-order chi connectivity index (χ0) is 17.6. The Bertz CT molecular complexity index is 725. The van der Waals surface area contributed by atoms with E-state index in [1.54, 1.807) is 12.1 Å². The summed E-state index contributed by atoms with van der Waals surface area (Å²) >= 11 is 11.9. The maximum atomic E-state index is 12.4. The molecule has 1 aliphatic heterocycles. The number of rotatable bonds is 6. The molecule has 0 bridgehead atoms. The molecular weight excluding hydrogens is 361 g/mol. The van der Waals surface area contributed by atoms with Crippen LogP contribution < -0.4 is 27.0 Å². The minimum atomic E-state index is -0.468. The van der Waals surface area contributed by atoms with Gasteiger partial charge < -0.3 is 10.6 Å². The summed E-state index contributed by atoms with van der Waals surface area (Å²) in [6, 6.07) is 14.5. The van der Waals surface area contributed by atoms with Crippen molar-refractivity contribution < 1.29 is 4.79 Å². The van der Waals surface area contributed by atoms with Gasteiger partial charge in [0, 0.05) is 22.3 Å². The lowest BCUT2D eigenvalue weighted by atomic mass is 10.1. The molecule has 0 spiro atoms. The van der Waals surface area contributed by atoms with Crippen molar-refractivity contribution in [1.82, 2.24) is 21.7 Å². The van der Waals surface area contributed by atoms with Crippen LogP contribution in [-0.2, 0) is 11.2 Å². The SMILES string of the molecule is O=C(NCCc1ccc(Cl)cc1)C1NNNC1Nc1cccc(Cl)c1. The van der Waals surface area contributed by atoms with E-state index in [4.69, 9.17) is 23.2 Å². The van der Waals surface area contributed by atoms with Crippen molar-refractivity contribution in [3.63, 3.8) is 0 Å². The van der Waals surface area contributed by atoms with E-state index in [1.165, 1.54) is 0 Å². The molecule has 1 amide bonds. The molecule has 2 aromatic carbocycles. The number of benzene rings is 2. The standard InChI is InChI=1S/C17H19Cl2N5O/c18-12-6-4-11(5-7-12)8-9-20-17(25)15-16(23-24-22-15)21-14-3-1-2-13(19)10-14/h1-7,10,15-16,21-24H,8-9H2,(H,20,25). The number of hydrazine groups is 2. The normalized spacial score (nSPS) is 19.6. The Kier molecular flexibility index (Phi) is 6.12. The Morgan fingerprint density at radius 1 is 1.04 bits per heavy atom. The summed E-state index contributed by atoms with van der Waals surface area (Å²) in [6.07, 6.45) is 0.428. The van der Waals surface area contributed by atoms with Crippen molar-refractivity contribution in [1.29, 1.82) is 0 Å². The molecule has 0 aromatic heterocycles. The summed E-state index contributed by atoms with van der Waals surface area (Å²) in [4.78, 5) is 12.4. The summed E-state index contributed by atoms with van der Waals surface area (Å²) in [5, 5.41) is 7.50. The van der Waals surface area contributed by atoms with E-state index in [-0.39, 0.29) is 12.1 Å². The molecule has 1 fully saturated rings. The van der Waals surface area contributed by atoms with Crippen LogP contribution in [-0.4, -0.2) is 24.7 Å². The average molecular weight is 380 g/mol. The van der Waals surface area contributed by atoms with Crippen molar-refractivity contribution in [2.24, 2.45) is 0 Å². The van der Waals surface area contributed by atoms with Gasteiger partial charge in [0.1, 0.15) is 12.2 Å². The van der Waals surface area contributed by atoms with Crippen LogP contribution in [0.15, 0.2) is 48.5 Å². The lowest BCUT2D eigenvalue weighted by Gasteiger charge is -2.20. The molecular formula is C17H19Cl2N5O. The van der Waals surface area contributed by atoms with E-state index >= 15 is 0 Å². The third-order valence-corrected chi connectivity index (χ3v) is 4.33. The van der Waals surface area contributed by atoms with Crippen LogP contribution in [0.25, 0.3) is 0 Å². The number of halogens is 2. The topological polar surface area (TPSA) is 77.2 Å². The van der Waals surface area contributed by atoms with Crippen LogP contribution in [0.2, 0.25) is 10.0 Å². The quantitative estimate of drug-likeness (QED) is 0.531. The van der Waals surface area contributed by atoms with Crippen molar-refractivity contribution in [2.75, 3.05) is 11.9 Å². The summed E-state index contributed by atoms with van der Waals surface area (Å²) in [7, 11) is 0. The Labute approximate surface area is 156 Å². The first-order valence-corrected chi connectivity index (χ1v) is 8.68. The van der Waals surface area contributed by atoms with Crippen molar-refractivity contribution >= 4 is 34.8 Å². The second kappa shape index (κ2) is 8.51. The molecule has 2 atom stereocenters. The minimum absolute atomic E-state index is 0.106. The molecule has 2 unspecified atom stereocenters. The van der Waals surface area contributed by atoms with Gasteiger partial charge in [0.05, 0.1) is 0 Å². The predicted octanol–water partition coefficient (Wildman–Crippen LogP) is 2.07. The van der Waals surface area contributed by atoms with Crippen LogP contribution in [0.5, 0.6) is 0 Å². The van der Waals surface area contributed by atoms with E-state index in [2.05, 4.69) is 27.0 Å². The monoisotopic (exact) mass is 379 g/mol. The average Bonchev–Trinajstić information content (AvgIpc) is 3.05. The van der Waals surface area contributed by atoms with E-state index in [0.29, 0.717) is 16.6 Å². The zero-order valence-electron chi connectivity index (χ0n) is 13.4. The Morgan fingerprint density at radius 3 is 2.60 bits per heavy atom. The molecule has 0 aliphatic carbocycles. The second-order valence-corrected chi connectivity index (χ2v) is 6.56. The first-order valence-electron chi connectivity index (χ1n) is 7.92. The van der Waals surface area contributed by atoms with Gasteiger partial charge in [-0.2, -0.15) is 5.53 Å².